The van der Waals surface area contributed by atoms with Gasteiger partial charge in [0.25, 0.3) is 5.56 Å². The molecule has 0 aliphatic heterocycles. The van der Waals surface area contributed by atoms with Gasteiger partial charge in [-0.25, -0.2) is 4.68 Å². The smallest absolute Gasteiger partial charge is 0.269 e. The summed E-state index contributed by atoms with van der Waals surface area (Å²) >= 11 is 0. The Labute approximate surface area is 117 Å². The zero-order valence-electron chi connectivity index (χ0n) is 11.4. The molecular formula is C15H17N3O2. The molecule has 0 unspecified atom stereocenters. The fraction of sp³-hybridized carbons (Fsp3) is 0.333. The highest BCUT2D eigenvalue weighted by atomic mass is 16.5. The summed E-state index contributed by atoms with van der Waals surface area (Å²) in [4.78, 5) is 12.0. The van der Waals surface area contributed by atoms with Gasteiger partial charge in [0, 0.05) is 12.1 Å². The second-order valence-corrected chi connectivity index (χ2v) is 5.01. The van der Waals surface area contributed by atoms with Gasteiger partial charge < -0.3 is 10.1 Å². The fourth-order valence-corrected chi connectivity index (χ4v) is 2.04. The van der Waals surface area contributed by atoms with E-state index in [1.54, 1.807) is 19.4 Å². The second-order valence-electron chi connectivity index (χ2n) is 5.01. The van der Waals surface area contributed by atoms with Crippen molar-refractivity contribution in [2.45, 2.75) is 25.4 Å². The molecule has 1 saturated carbocycles. The summed E-state index contributed by atoms with van der Waals surface area (Å²) in [6.45, 7) is 0.444. The molecule has 3 rings (SSSR count). The van der Waals surface area contributed by atoms with Gasteiger partial charge in [0.15, 0.2) is 0 Å². The summed E-state index contributed by atoms with van der Waals surface area (Å²) in [6.07, 6.45) is 4.06. The Morgan fingerprint density at radius 3 is 2.95 bits per heavy atom. The van der Waals surface area contributed by atoms with Gasteiger partial charge in [-0.3, -0.25) is 4.79 Å². The molecule has 1 N–H and O–H groups in total. The molecule has 0 amide bonds. The predicted octanol–water partition coefficient (Wildman–Crippen LogP) is 1.87. The van der Waals surface area contributed by atoms with Crippen molar-refractivity contribution < 1.29 is 4.74 Å². The third-order valence-corrected chi connectivity index (χ3v) is 3.28. The number of nitrogens with one attached hydrogen (secondary N) is 1. The summed E-state index contributed by atoms with van der Waals surface area (Å²) < 4.78 is 6.63. The van der Waals surface area contributed by atoms with Crippen LogP contribution in [0.3, 0.4) is 0 Å². The predicted molar refractivity (Wildman–Crippen MR) is 77.2 cm³/mol. The molecule has 104 valence electrons. The number of ether oxygens (including phenoxy) is 1. The molecule has 5 nitrogen and oxygen atoms in total. The third kappa shape index (κ3) is 2.99. The minimum atomic E-state index is -0.0986. The van der Waals surface area contributed by atoms with E-state index in [9.17, 15) is 4.79 Å². The van der Waals surface area contributed by atoms with Crippen LogP contribution in [0.15, 0.2) is 41.3 Å². The van der Waals surface area contributed by atoms with Gasteiger partial charge in [0.1, 0.15) is 5.75 Å². The molecule has 0 radical (unpaired) electrons. The lowest BCUT2D eigenvalue weighted by Gasteiger charge is -2.08. The summed E-state index contributed by atoms with van der Waals surface area (Å²) in [7, 11) is 1.63. The van der Waals surface area contributed by atoms with Crippen LogP contribution in [0.25, 0.3) is 0 Å². The van der Waals surface area contributed by atoms with Crippen LogP contribution >= 0.6 is 0 Å². The lowest BCUT2D eigenvalue weighted by atomic mass is 10.2. The van der Waals surface area contributed by atoms with Crippen molar-refractivity contribution in [2.24, 2.45) is 0 Å². The molecule has 2 aromatic rings. The van der Waals surface area contributed by atoms with Crippen LogP contribution in [-0.4, -0.2) is 22.9 Å². The Kier molecular flexibility index (Phi) is 3.41. The van der Waals surface area contributed by atoms with Crippen LogP contribution in [0.4, 0.5) is 5.69 Å². The van der Waals surface area contributed by atoms with Crippen LogP contribution < -0.4 is 15.6 Å². The van der Waals surface area contributed by atoms with E-state index in [0.717, 1.165) is 17.0 Å². The molecule has 1 aliphatic carbocycles. The summed E-state index contributed by atoms with van der Waals surface area (Å²) in [5.41, 5.74) is 1.69. The first kappa shape index (κ1) is 12.7. The van der Waals surface area contributed by atoms with Gasteiger partial charge >= 0.3 is 0 Å². The van der Waals surface area contributed by atoms with Crippen molar-refractivity contribution >= 4 is 5.69 Å². The molecule has 1 fully saturated rings. The Bertz CT molecular complexity index is 662. The number of benzene rings is 1. The Balaban J connectivity index is 1.77. The number of aromatic nitrogens is 2. The van der Waals surface area contributed by atoms with Crippen LogP contribution in [0, 0.1) is 0 Å². The molecule has 1 aromatic carbocycles. The van der Waals surface area contributed by atoms with E-state index in [1.807, 2.05) is 24.3 Å². The van der Waals surface area contributed by atoms with Crippen molar-refractivity contribution in [3.8, 4) is 5.75 Å². The van der Waals surface area contributed by atoms with Crippen LogP contribution in [0.2, 0.25) is 0 Å². The largest absolute Gasteiger partial charge is 0.497 e. The summed E-state index contributed by atoms with van der Waals surface area (Å²) in [6, 6.07) is 9.76. The average Bonchev–Trinajstić information content (AvgIpc) is 3.26. The van der Waals surface area contributed by atoms with Crippen molar-refractivity contribution in [3.05, 3.63) is 52.4 Å². The lowest BCUT2D eigenvalue weighted by molar-refractivity contribution is 0.414. The monoisotopic (exact) mass is 271 g/mol. The van der Waals surface area contributed by atoms with Gasteiger partial charge in [0.2, 0.25) is 0 Å². The van der Waals surface area contributed by atoms with Crippen molar-refractivity contribution in [2.75, 3.05) is 12.4 Å². The topological polar surface area (TPSA) is 56.1 Å². The molecule has 5 heteroatoms. The molecular weight excluding hydrogens is 254 g/mol. The molecule has 1 aromatic heterocycles. The van der Waals surface area contributed by atoms with Gasteiger partial charge in [-0.2, -0.15) is 5.10 Å². The number of nitrogens with zero attached hydrogens (tertiary/aromatic N) is 2. The Morgan fingerprint density at radius 1 is 1.40 bits per heavy atom. The first-order valence-electron chi connectivity index (χ1n) is 6.71. The van der Waals surface area contributed by atoms with E-state index in [4.69, 9.17) is 4.74 Å². The first-order valence-corrected chi connectivity index (χ1v) is 6.71. The zero-order chi connectivity index (χ0) is 13.9. The maximum absolute atomic E-state index is 12.0. The maximum atomic E-state index is 12.0. The Hall–Kier alpha value is -2.30. The summed E-state index contributed by atoms with van der Waals surface area (Å²) in [5.74, 6) is 0.780. The third-order valence-electron chi connectivity index (χ3n) is 3.28. The molecule has 0 atom stereocenters. The molecule has 1 heterocycles. The molecule has 0 bridgehead atoms. The van der Waals surface area contributed by atoms with Crippen molar-refractivity contribution in [1.29, 1.82) is 0 Å². The number of hydrogen-bond acceptors (Lipinski definition) is 4. The number of methoxy groups -OCH3 is 1. The highest BCUT2D eigenvalue weighted by Crippen LogP contribution is 2.23. The Morgan fingerprint density at radius 2 is 2.25 bits per heavy atom. The van der Waals surface area contributed by atoms with Crippen LogP contribution in [0.5, 0.6) is 5.75 Å². The number of hydrogen-bond donors (Lipinski definition) is 1. The average molecular weight is 271 g/mol. The highest BCUT2D eigenvalue weighted by Gasteiger charge is 2.21. The number of rotatable bonds is 5. The minimum Gasteiger partial charge on any atom is -0.497 e. The molecule has 1 aliphatic rings. The lowest BCUT2D eigenvalue weighted by Crippen LogP contribution is -2.23. The van der Waals surface area contributed by atoms with Gasteiger partial charge in [-0.1, -0.05) is 12.1 Å². The summed E-state index contributed by atoms with van der Waals surface area (Å²) in [5, 5.41) is 7.48. The van der Waals surface area contributed by atoms with Gasteiger partial charge in [-0.15, -0.1) is 0 Å². The highest BCUT2D eigenvalue weighted by molar-refractivity contribution is 5.41. The van der Waals surface area contributed by atoms with Crippen molar-refractivity contribution in [1.82, 2.24) is 9.78 Å². The standard InChI is InChI=1S/C15H17N3O2/c1-20-14-4-2-3-11(7-14)10-18-15(19)8-13(9-16-18)17-12-5-6-12/h2-4,7-9,12,17H,5-6,10H2,1H3. The SMILES string of the molecule is COc1cccc(Cn2ncc(NC3CC3)cc2=O)c1. The van der Waals surface area contributed by atoms with Crippen molar-refractivity contribution in [3.63, 3.8) is 0 Å². The molecule has 0 saturated heterocycles. The maximum Gasteiger partial charge on any atom is 0.269 e. The van der Waals surface area contributed by atoms with E-state index in [-0.39, 0.29) is 5.56 Å². The van der Waals surface area contributed by atoms with E-state index in [0.29, 0.717) is 12.6 Å². The van der Waals surface area contributed by atoms with Gasteiger partial charge in [0.05, 0.1) is 25.5 Å². The minimum absolute atomic E-state index is 0.0986. The van der Waals surface area contributed by atoms with Gasteiger partial charge in [-0.05, 0) is 30.5 Å². The van der Waals surface area contributed by atoms with Crippen LogP contribution in [0.1, 0.15) is 18.4 Å². The van der Waals surface area contributed by atoms with E-state index in [1.165, 1.54) is 17.5 Å². The normalized spacial score (nSPS) is 14.1. The molecule has 0 spiro atoms. The zero-order valence-corrected chi connectivity index (χ0v) is 11.4. The van der Waals surface area contributed by atoms with E-state index >= 15 is 0 Å². The fourth-order valence-electron chi connectivity index (χ4n) is 2.04. The molecule has 20 heavy (non-hydrogen) atoms. The first-order chi connectivity index (χ1) is 9.74. The quantitative estimate of drug-likeness (QED) is 0.902. The number of anilines is 1. The van der Waals surface area contributed by atoms with Crippen LogP contribution in [-0.2, 0) is 6.54 Å². The van der Waals surface area contributed by atoms with E-state index in [2.05, 4.69) is 10.4 Å². The van der Waals surface area contributed by atoms with E-state index < -0.39 is 0 Å². The second kappa shape index (κ2) is 5.36.